The molecule has 1 amide bonds. The lowest BCUT2D eigenvalue weighted by molar-refractivity contribution is -0.119. The fourth-order valence-electron chi connectivity index (χ4n) is 3.13. The second-order valence-electron chi connectivity index (χ2n) is 6.58. The van der Waals surface area contributed by atoms with E-state index in [2.05, 4.69) is 17.2 Å². The summed E-state index contributed by atoms with van der Waals surface area (Å²) < 4.78 is 13.0. The van der Waals surface area contributed by atoms with Gasteiger partial charge in [-0.15, -0.1) is 23.1 Å². The molecule has 1 aliphatic rings. The molecule has 2 atom stereocenters. The first-order valence-electron chi connectivity index (χ1n) is 8.69. The van der Waals surface area contributed by atoms with Gasteiger partial charge in [-0.2, -0.15) is 0 Å². The Kier molecular flexibility index (Phi) is 6.48. The average molecular weight is 379 g/mol. The minimum Gasteiger partial charge on any atom is -0.352 e. The molecule has 3 nitrogen and oxygen atoms in total. The summed E-state index contributed by atoms with van der Waals surface area (Å²) in [7, 11) is 0. The summed E-state index contributed by atoms with van der Waals surface area (Å²) in [4.78, 5) is 16.7. The van der Waals surface area contributed by atoms with Crippen molar-refractivity contribution in [3.8, 4) is 10.6 Å². The maximum absolute atomic E-state index is 13.0. The van der Waals surface area contributed by atoms with Crippen LogP contribution in [0.4, 0.5) is 4.39 Å². The standard InChI is InChI=1S/C19H23FN2OS2/c1-13-4-2-3-5-17(13)22-18(23)12-24-10-16-11-25-19(21-16)14-6-8-15(20)9-7-14/h6-9,11,13,17H,2-5,10,12H2,1H3,(H,22,23). The zero-order valence-electron chi connectivity index (χ0n) is 14.3. The van der Waals surface area contributed by atoms with Gasteiger partial charge in [-0.3, -0.25) is 4.79 Å². The topological polar surface area (TPSA) is 42.0 Å². The van der Waals surface area contributed by atoms with E-state index in [0.29, 0.717) is 23.5 Å². The van der Waals surface area contributed by atoms with Gasteiger partial charge in [0.1, 0.15) is 10.8 Å². The van der Waals surface area contributed by atoms with Gasteiger partial charge in [-0.1, -0.05) is 19.8 Å². The summed E-state index contributed by atoms with van der Waals surface area (Å²) in [5, 5.41) is 6.07. The Bertz CT molecular complexity index is 702. The first kappa shape index (κ1) is 18.4. The van der Waals surface area contributed by atoms with Crippen LogP contribution in [-0.4, -0.2) is 22.7 Å². The third kappa shape index (κ3) is 5.28. The number of benzene rings is 1. The zero-order valence-corrected chi connectivity index (χ0v) is 16.0. The van der Waals surface area contributed by atoms with Crippen LogP contribution < -0.4 is 5.32 Å². The molecule has 1 aliphatic carbocycles. The molecule has 2 aromatic rings. The van der Waals surface area contributed by atoms with Crippen LogP contribution in [0.3, 0.4) is 0 Å². The fraction of sp³-hybridized carbons (Fsp3) is 0.474. The van der Waals surface area contributed by atoms with Crippen molar-refractivity contribution in [2.24, 2.45) is 5.92 Å². The van der Waals surface area contributed by atoms with Gasteiger partial charge in [-0.25, -0.2) is 9.37 Å². The molecule has 0 aliphatic heterocycles. The van der Waals surface area contributed by atoms with Crippen molar-refractivity contribution in [2.75, 3.05) is 5.75 Å². The van der Waals surface area contributed by atoms with E-state index in [1.54, 1.807) is 35.2 Å². The van der Waals surface area contributed by atoms with Crippen molar-refractivity contribution >= 4 is 29.0 Å². The van der Waals surface area contributed by atoms with Gasteiger partial charge in [0.15, 0.2) is 0 Å². The van der Waals surface area contributed by atoms with Crippen molar-refractivity contribution in [1.29, 1.82) is 0 Å². The van der Waals surface area contributed by atoms with Gasteiger partial charge < -0.3 is 5.32 Å². The quantitative estimate of drug-likeness (QED) is 0.779. The van der Waals surface area contributed by atoms with E-state index in [4.69, 9.17) is 0 Å². The molecule has 1 N–H and O–H groups in total. The van der Waals surface area contributed by atoms with Crippen molar-refractivity contribution in [2.45, 2.75) is 44.4 Å². The van der Waals surface area contributed by atoms with Crippen LogP contribution in [0.2, 0.25) is 0 Å². The summed E-state index contributed by atoms with van der Waals surface area (Å²) >= 11 is 3.14. The molecule has 25 heavy (non-hydrogen) atoms. The molecule has 1 heterocycles. The second-order valence-corrected chi connectivity index (χ2v) is 8.42. The number of amides is 1. The largest absolute Gasteiger partial charge is 0.352 e. The van der Waals surface area contributed by atoms with Crippen molar-refractivity contribution < 1.29 is 9.18 Å². The molecule has 2 unspecified atom stereocenters. The molecule has 0 bridgehead atoms. The predicted molar refractivity (Wildman–Crippen MR) is 103 cm³/mol. The van der Waals surface area contributed by atoms with E-state index in [1.807, 2.05) is 5.38 Å². The van der Waals surface area contributed by atoms with E-state index in [0.717, 1.165) is 22.7 Å². The number of hydrogen-bond donors (Lipinski definition) is 1. The number of thiazole rings is 1. The average Bonchev–Trinajstić information content (AvgIpc) is 3.06. The number of thioether (sulfide) groups is 1. The third-order valence-corrected chi connectivity index (χ3v) is 6.49. The summed E-state index contributed by atoms with van der Waals surface area (Å²) in [6.07, 6.45) is 4.81. The molecule has 6 heteroatoms. The summed E-state index contributed by atoms with van der Waals surface area (Å²) in [5.41, 5.74) is 1.89. The van der Waals surface area contributed by atoms with E-state index < -0.39 is 0 Å². The highest BCUT2D eigenvalue weighted by Gasteiger charge is 2.22. The van der Waals surface area contributed by atoms with Crippen LogP contribution in [0.25, 0.3) is 10.6 Å². The van der Waals surface area contributed by atoms with E-state index in [-0.39, 0.29) is 11.7 Å². The van der Waals surface area contributed by atoms with Crippen LogP contribution in [0, 0.1) is 11.7 Å². The zero-order chi connectivity index (χ0) is 17.6. The number of halogens is 1. The van der Waals surface area contributed by atoms with Gasteiger partial charge in [0, 0.05) is 22.7 Å². The summed E-state index contributed by atoms with van der Waals surface area (Å²) in [6.45, 7) is 2.23. The van der Waals surface area contributed by atoms with E-state index in [1.165, 1.54) is 31.4 Å². The molecule has 3 rings (SSSR count). The van der Waals surface area contributed by atoms with Gasteiger partial charge in [0.05, 0.1) is 11.4 Å². The minimum atomic E-state index is -0.241. The van der Waals surface area contributed by atoms with Crippen molar-refractivity contribution in [1.82, 2.24) is 10.3 Å². The molecule has 1 saturated carbocycles. The maximum Gasteiger partial charge on any atom is 0.230 e. The van der Waals surface area contributed by atoms with Gasteiger partial charge in [0.25, 0.3) is 0 Å². The Balaban J connectivity index is 1.44. The van der Waals surface area contributed by atoms with Crippen molar-refractivity contribution in [3.63, 3.8) is 0 Å². The highest BCUT2D eigenvalue weighted by atomic mass is 32.2. The molecule has 134 valence electrons. The smallest absolute Gasteiger partial charge is 0.230 e. The molecule has 0 radical (unpaired) electrons. The molecule has 1 aromatic carbocycles. The second kappa shape index (κ2) is 8.81. The van der Waals surface area contributed by atoms with Gasteiger partial charge >= 0.3 is 0 Å². The van der Waals surface area contributed by atoms with Crippen LogP contribution in [0.15, 0.2) is 29.6 Å². The van der Waals surface area contributed by atoms with E-state index in [9.17, 15) is 9.18 Å². The lowest BCUT2D eigenvalue weighted by atomic mass is 9.86. The molecule has 0 spiro atoms. The lowest BCUT2D eigenvalue weighted by Crippen LogP contribution is -2.41. The Morgan fingerprint density at radius 3 is 2.84 bits per heavy atom. The van der Waals surface area contributed by atoms with Gasteiger partial charge in [-0.05, 0) is 43.0 Å². The monoisotopic (exact) mass is 378 g/mol. The van der Waals surface area contributed by atoms with Crippen LogP contribution in [0.5, 0.6) is 0 Å². The maximum atomic E-state index is 13.0. The number of nitrogens with zero attached hydrogens (tertiary/aromatic N) is 1. The lowest BCUT2D eigenvalue weighted by Gasteiger charge is -2.29. The first-order chi connectivity index (χ1) is 12.1. The molecular formula is C19H23FN2OS2. The summed E-state index contributed by atoms with van der Waals surface area (Å²) in [5.74, 6) is 1.64. The fourth-order valence-corrected chi connectivity index (χ4v) is 4.78. The Labute approximate surface area is 156 Å². The van der Waals surface area contributed by atoms with Crippen LogP contribution in [0.1, 0.15) is 38.3 Å². The van der Waals surface area contributed by atoms with E-state index >= 15 is 0 Å². The molecular weight excluding hydrogens is 355 g/mol. The highest BCUT2D eigenvalue weighted by Crippen LogP contribution is 2.26. The Morgan fingerprint density at radius 2 is 2.08 bits per heavy atom. The molecule has 1 aromatic heterocycles. The number of aromatic nitrogens is 1. The summed E-state index contributed by atoms with van der Waals surface area (Å²) in [6, 6.07) is 6.71. The normalized spacial score (nSPS) is 20.4. The molecule has 1 fully saturated rings. The number of carbonyl (C=O) groups is 1. The number of hydrogen-bond acceptors (Lipinski definition) is 4. The predicted octanol–water partition coefficient (Wildman–Crippen LogP) is 4.88. The van der Waals surface area contributed by atoms with Crippen molar-refractivity contribution in [3.05, 3.63) is 41.2 Å². The minimum absolute atomic E-state index is 0.123. The van der Waals surface area contributed by atoms with Crippen LogP contribution in [-0.2, 0) is 10.5 Å². The Morgan fingerprint density at radius 1 is 1.32 bits per heavy atom. The number of nitrogens with one attached hydrogen (secondary N) is 1. The van der Waals surface area contributed by atoms with Crippen LogP contribution >= 0.6 is 23.1 Å². The SMILES string of the molecule is CC1CCCCC1NC(=O)CSCc1csc(-c2ccc(F)cc2)n1. The van der Waals surface area contributed by atoms with Gasteiger partial charge in [0.2, 0.25) is 5.91 Å². The highest BCUT2D eigenvalue weighted by molar-refractivity contribution is 7.99. The first-order valence-corrected chi connectivity index (χ1v) is 10.7. The Hall–Kier alpha value is -1.40. The number of carbonyl (C=O) groups excluding carboxylic acids is 1. The molecule has 0 saturated heterocycles. The number of rotatable bonds is 6. The third-order valence-electron chi connectivity index (χ3n) is 4.58.